The standard InChI is InChI=1S/C7H6N5O2/c8-7-11-5-4(9-3-10-5)6(14)12(7)1-2-13/h3H,1H2,(H2,8,11)(H,9,10). The Balaban J connectivity index is 2.82. The summed E-state index contributed by atoms with van der Waals surface area (Å²) in [6.45, 7) is -0.236. The van der Waals surface area contributed by atoms with Crippen molar-refractivity contribution in [3.8, 4) is 0 Å². The molecule has 14 heavy (non-hydrogen) atoms. The maximum absolute atomic E-state index is 11.6. The Bertz CT molecular complexity index is 540. The third-order valence-electron chi connectivity index (χ3n) is 1.79. The average Bonchev–Trinajstić information content (AvgIpc) is 2.60. The number of rotatable bonds is 2. The molecule has 0 aromatic carbocycles. The SMILES string of the molecule is Nc1nc2[nH]cnc2c(=O)n1C[C]=O. The maximum Gasteiger partial charge on any atom is 0.283 e. The molecule has 0 atom stereocenters. The van der Waals surface area contributed by atoms with Crippen LogP contribution >= 0.6 is 0 Å². The second-order valence-electron chi connectivity index (χ2n) is 2.61. The van der Waals surface area contributed by atoms with E-state index in [0.717, 1.165) is 4.57 Å². The summed E-state index contributed by atoms with van der Waals surface area (Å²) in [6.07, 6.45) is 2.92. The summed E-state index contributed by atoms with van der Waals surface area (Å²) in [7, 11) is 0. The summed E-state index contributed by atoms with van der Waals surface area (Å²) in [4.78, 5) is 32.0. The third kappa shape index (κ3) is 1.06. The lowest BCUT2D eigenvalue weighted by atomic mass is 10.5. The van der Waals surface area contributed by atoms with Crippen molar-refractivity contribution in [1.29, 1.82) is 0 Å². The first-order chi connectivity index (χ1) is 6.74. The van der Waals surface area contributed by atoms with Gasteiger partial charge in [0.15, 0.2) is 11.2 Å². The maximum atomic E-state index is 11.6. The lowest BCUT2D eigenvalue weighted by Gasteiger charge is -2.02. The van der Waals surface area contributed by atoms with E-state index in [2.05, 4.69) is 15.0 Å². The first-order valence-electron chi connectivity index (χ1n) is 3.78. The lowest BCUT2D eigenvalue weighted by Crippen LogP contribution is -2.25. The van der Waals surface area contributed by atoms with Gasteiger partial charge in [0.25, 0.3) is 5.56 Å². The van der Waals surface area contributed by atoms with E-state index in [1.165, 1.54) is 6.33 Å². The number of carbonyl (C=O) groups excluding carboxylic acids is 1. The topological polar surface area (TPSA) is 107 Å². The van der Waals surface area contributed by atoms with E-state index in [1.807, 2.05) is 0 Å². The van der Waals surface area contributed by atoms with E-state index in [1.54, 1.807) is 6.29 Å². The highest BCUT2D eigenvalue weighted by atomic mass is 16.1. The summed E-state index contributed by atoms with van der Waals surface area (Å²) < 4.78 is 1.01. The summed E-state index contributed by atoms with van der Waals surface area (Å²) >= 11 is 0. The number of nitrogens with two attached hydrogens (primary N) is 1. The fourth-order valence-corrected chi connectivity index (χ4v) is 1.15. The molecule has 2 rings (SSSR count). The molecule has 0 saturated carbocycles. The fourth-order valence-electron chi connectivity index (χ4n) is 1.15. The van der Waals surface area contributed by atoms with E-state index in [4.69, 9.17) is 5.73 Å². The fraction of sp³-hybridized carbons (Fsp3) is 0.143. The first-order valence-corrected chi connectivity index (χ1v) is 3.78. The summed E-state index contributed by atoms with van der Waals surface area (Å²) in [5.74, 6) is -0.0323. The van der Waals surface area contributed by atoms with Crippen LogP contribution in [0, 0.1) is 0 Å². The van der Waals surface area contributed by atoms with Gasteiger partial charge in [-0.2, -0.15) is 4.98 Å². The first kappa shape index (κ1) is 8.42. The molecular formula is C7H6N5O2. The van der Waals surface area contributed by atoms with Crippen LogP contribution in [0.1, 0.15) is 0 Å². The number of anilines is 1. The molecule has 7 heteroatoms. The van der Waals surface area contributed by atoms with Crippen molar-refractivity contribution in [2.75, 3.05) is 5.73 Å². The minimum Gasteiger partial charge on any atom is -0.369 e. The van der Waals surface area contributed by atoms with Crippen LogP contribution in [0.3, 0.4) is 0 Å². The van der Waals surface area contributed by atoms with Crippen molar-refractivity contribution < 1.29 is 4.79 Å². The Morgan fingerprint density at radius 1 is 1.64 bits per heavy atom. The number of aromatic nitrogens is 4. The molecule has 2 aromatic rings. The zero-order valence-corrected chi connectivity index (χ0v) is 7.02. The van der Waals surface area contributed by atoms with Gasteiger partial charge in [0.05, 0.1) is 12.9 Å². The van der Waals surface area contributed by atoms with Crippen LogP contribution in [0.5, 0.6) is 0 Å². The van der Waals surface area contributed by atoms with Crippen LogP contribution in [-0.2, 0) is 11.3 Å². The quantitative estimate of drug-likeness (QED) is 0.622. The highest BCUT2D eigenvalue weighted by Crippen LogP contribution is 2.02. The predicted octanol–water partition coefficient (Wildman–Crippen LogP) is -1.19. The van der Waals surface area contributed by atoms with Crippen molar-refractivity contribution in [1.82, 2.24) is 19.5 Å². The van der Waals surface area contributed by atoms with E-state index in [-0.39, 0.29) is 18.0 Å². The van der Waals surface area contributed by atoms with Crippen LogP contribution in [0.4, 0.5) is 5.95 Å². The van der Waals surface area contributed by atoms with E-state index < -0.39 is 5.56 Å². The predicted molar refractivity (Wildman–Crippen MR) is 48.3 cm³/mol. The molecule has 7 nitrogen and oxygen atoms in total. The molecule has 0 amide bonds. The lowest BCUT2D eigenvalue weighted by molar-refractivity contribution is 0.544. The van der Waals surface area contributed by atoms with E-state index >= 15 is 0 Å². The minimum atomic E-state index is -0.447. The molecule has 0 saturated heterocycles. The zero-order valence-electron chi connectivity index (χ0n) is 7.02. The normalized spacial score (nSPS) is 10.6. The third-order valence-corrected chi connectivity index (χ3v) is 1.79. The molecule has 0 aliphatic rings. The Morgan fingerprint density at radius 2 is 2.43 bits per heavy atom. The van der Waals surface area contributed by atoms with Crippen LogP contribution in [0.25, 0.3) is 11.2 Å². The Kier molecular flexibility index (Phi) is 1.77. The number of fused-ring (bicyclic) bond motifs is 1. The molecule has 0 aliphatic carbocycles. The van der Waals surface area contributed by atoms with Crippen LogP contribution < -0.4 is 11.3 Å². The highest BCUT2D eigenvalue weighted by Gasteiger charge is 2.09. The molecule has 0 unspecified atom stereocenters. The van der Waals surface area contributed by atoms with Gasteiger partial charge in [-0.15, -0.1) is 0 Å². The van der Waals surface area contributed by atoms with Crippen LogP contribution in [0.2, 0.25) is 0 Å². The molecular weight excluding hydrogens is 186 g/mol. The molecule has 0 fully saturated rings. The number of nitrogens with zero attached hydrogens (tertiary/aromatic N) is 3. The van der Waals surface area contributed by atoms with Gasteiger partial charge in [0.2, 0.25) is 12.2 Å². The Labute approximate surface area is 77.6 Å². The molecule has 0 spiro atoms. The number of nitrogens with one attached hydrogen (secondary N) is 1. The number of aromatic amines is 1. The summed E-state index contributed by atoms with van der Waals surface area (Å²) in [5.41, 5.74) is 5.49. The van der Waals surface area contributed by atoms with Gasteiger partial charge in [-0.1, -0.05) is 0 Å². The molecule has 2 aromatic heterocycles. The largest absolute Gasteiger partial charge is 0.369 e. The Hall–Kier alpha value is -2.18. The number of nitrogen functional groups attached to an aromatic ring is 1. The molecule has 1 radical (unpaired) electrons. The van der Waals surface area contributed by atoms with Crippen LogP contribution in [0.15, 0.2) is 11.1 Å². The monoisotopic (exact) mass is 192 g/mol. The van der Waals surface area contributed by atoms with Crippen molar-refractivity contribution in [3.63, 3.8) is 0 Å². The molecule has 3 N–H and O–H groups in total. The van der Waals surface area contributed by atoms with Gasteiger partial charge in [0.1, 0.15) is 0 Å². The average molecular weight is 192 g/mol. The molecule has 0 bridgehead atoms. The number of hydrogen-bond acceptors (Lipinski definition) is 5. The van der Waals surface area contributed by atoms with Gasteiger partial charge in [-0.25, -0.2) is 4.98 Å². The smallest absolute Gasteiger partial charge is 0.283 e. The second-order valence-corrected chi connectivity index (χ2v) is 2.61. The second kappa shape index (κ2) is 2.95. The van der Waals surface area contributed by atoms with Gasteiger partial charge < -0.3 is 10.7 Å². The molecule has 0 aliphatic heterocycles. The Morgan fingerprint density at radius 3 is 3.14 bits per heavy atom. The van der Waals surface area contributed by atoms with E-state index in [9.17, 15) is 9.59 Å². The summed E-state index contributed by atoms with van der Waals surface area (Å²) in [6, 6.07) is 0. The van der Waals surface area contributed by atoms with Gasteiger partial charge in [-0.05, 0) is 0 Å². The number of hydrogen-bond donors (Lipinski definition) is 2. The molecule has 2 heterocycles. The number of H-pyrrole nitrogens is 1. The van der Waals surface area contributed by atoms with Crippen LogP contribution in [-0.4, -0.2) is 25.8 Å². The number of imidazole rings is 1. The highest BCUT2D eigenvalue weighted by molar-refractivity contribution is 5.70. The van der Waals surface area contributed by atoms with Gasteiger partial charge in [-0.3, -0.25) is 14.2 Å². The van der Waals surface area contributed by atoms with Crippen molar-refractivity contribution in [3.05, 3.63) is 16.7 Å². The minimum absolute atomic E-state index is 0.0323. The summed E-state index contributed by atoms with van der Waals surface area (Å²) in [5, 5.41) is 0. The van der Waals surface area contributed by atoms with Crippen molar-refractivity contribution in [2.45, 2.75) is 6.54 Å². The van der Waals surface area contributed by atoms with E-state index in [0.29, 0.717) is 5.65 Å². The zero-order chi connectivity index (χ0) is 10.1. The molecule has 71 valence electrons. The van der Waals surface area contributed by atoms with Gasteiger partial charge in [0, 0.05) is 0 Å². The van der Waals surface area contributed by atoms with Crippen molar-refractivity contribution >= 4 is 23.4 Å². The van der Waals surface area contributed by atoms with Crippen molar-refractivity contribution in [2.24, 2.45) is 0 Å². The van der Waals surface area contributed by atoms with Gasteiger partial charge >= 0.3 is 0 Å².